The summed E-state index contributed by atoms with van der Waals surface area (Å²) in [6.45, 7) is 0. The molecular weight excluding hydrogens is 178 g/mol. The maximum Gasteiger partial charge on any atom is 0.225 e. The molecule has 5 nitrogen and oxygen atoms in total. The lowest BCUT2D eigenvalue weighted by Gasteiger charge is -2.07. The number of nitrogens with two attached hydrogens (primary N) is 2. The zero-order valence-electron chi connectivity index (χ0n) is 8.11. The highest BCUT2D eigenvalue weighted by atomic mass is 15.1. The summed E-state index contributed by atoms with van der Waals surface area (Å²) in [6, 6.07) is 0. The molecule has 5 heteroatoms. The average molecular weight is 193 g/mol. The molecule has 0 saturated heterocycles. The topological polar surface area (TPSA) is 90.7 Å². The van der Waals surface area contributed by atoms with E-state index in [0.29, 0.717) is 5.92 Å². The fourth-order valence-electron chi connectivity index (χ4n) is 2.02. The van der Waals surface area contributed by atoms with Gasteiger partial charge in [-0.3, -0.25) is 0 Å². The van der Waals surface area contributed by atoms with Crippen LogP contribution in [-0.4, -0.2) is 15.0 Å². The summed E-state index contributed by atoms with van der Waals surface area (Å²) < 4.78 is 0. The van der Waals surface area contributed by atoms with Crippen LogP contribution in [0.3, 0.4) is 0 Å². The van der Waals surface area contributed by atoms with E-state index in [-0.39, 0.29) is 11.9 Å². The first-order valence-electron chi connectivity index (χ1n) is 5.00. The zero-order valence-corrected chi connectivity index (χ0v) is 8.11. The van der Waals surface area contributed by atoms with E-state index < -0.39 is 0 Å². The van der Waals surface area contributed by atoms with Gasteiger partial charge in [-0.2, -0.15) is 15.0 Å². The predicted molar refractivity (Wildman–Crippen MR) is 54.3 cm³/mol. The molecule has 4 N–H and O–H groups in total. The van der Waals surface area contributed by atoms with Gasteiger partial charge in [0.1, 0.15) is 5.82 Å². The van der Waals surface area contributed by atoms with Crippen molar-refractivity contribution in [1.29, 1.82) is 0 Å². The molecule has 0 aromatic carbocycles. The van der Waals surface area contributed by atoms with Crippen LogP contribution in [0.2, 0.25) is 0 Å². The Balaban J connectivity index is 2.07. The molecule has 0 unspecified atom stereocenters. The molecule has 0 atom stereocenters. The van der Waals surface area contributed by atoms with Crippen molar-refractivity contribution >= 4 is 11.9 Å². The Hall–Kier alpha value is -1.39. The molecule has 1 aromatic rings. The minimum atomic E-state index is 0.227. The van der Waals surface area contributed by atoms with Crippen LogP contribution in [0.5, 0.6) is 0 Å². The highest BCUT2D eigenvalue weighted by Gasteiger charge is 2.17. The van der Waals surface area contributed by atoms with Crippen molar-refractivity contribution in [3.63, 3.8) is 0 Å². The van der Waals surface area contributed by atoms with Crippen LogP contribution in [0.1, 0.15) is 31.5 Å². The van der Waals surface area contributed by atoms with E-state index in [1.165, 1.54) is 25.7 Å². The quantitative estimate of drug-likeness (QED) is 0.723. The Labute approximate surface area is 83.0 Å². The molecule has 0 spiro atoms. The molecule has 76 valence electrons. The first-order valence-corrected chi connectivity index (χ1v) is 5.00. The van der Waals surface area contributed by atoms with Gasteiger partial charge in [-0.25, -0.2) is 0 Å². The highest BCUT2D eigenvalue weighted by molar-refractivity contribution is 5.25. The van der Waals surface area contributed by atoms with Crippen molar-refractivity contribution in [3.8, 4) is 0 Å². The van der Waals surface area contributed by atoms with Crippen molar-refractivity contribution < 1.29 is 0 Å². The molecule has 2 rings (SSSR count). The maximum absolute atomic E-state index is 5.49. The molecule has 0 aliphatic heterocycles. The summed E-state index contributed by atoms with van der Waals surface area (Å²) in [7, 11) is 0. The number of hydrogen-bond acceptors (Lipinski definition) is 5. The normalized spacial score (nSPS) is 17.4. The summed E-state index contributed by atoms with van der Waals surface area (Å²) in [4.78, 5) is 11.9. The number of nitrogen functional groups attached to an aromatic ring is 2. The fraction of sp³-hybridized carbons (Fsp3) is 0.667. The van der Waals surface area contributed by atoms with E-state index >= 15 is 0 Å². The molecule has 1 saturated carbocycles. The third-order valence-corrected chi connectivity index (χ3v) is 2.66. The lowest BCUT2D eigenvalue weighted by Crippen LogP contribution is -2.09. The summed E-state index contributed by atoms with van der Waals surface area (Å²) in [6.07, 6.45) is 6.06. The monoisotopic (exact) mass is 193 g/mol. The van der Waals surface area contributed by atoms with Crippen LogP contribution < -0.4 is 11.5 Å². The second-order valence-electron chi connectivity index (χ2n) is 3.82. The Kier molecular flexibility index (Phi) is 2.47. The summed E-state index contributed by atoms with van der Waals surface area (Å²) >= 11 is 0. The van der Waals surface area contributed by atoms with Crippen molar-refractivity contribution in [2.75, 3.05) is 11.5 Å². The van der Waals surface area contributed by atoms with Crippen molar-refractivity contribution in [1.82, 2.24) is 15.0 Å². The molecule has 0 amide bonds. The van der Waals surface area contributed by atoms with Gasteiger partial charge in [0.05, 0.1) is 0 Å². The molecule has 1 aliphatic carbocycles. The molecule has 1 heterocycles. The number of rotatable bonds is 2. The van der Waals surface area contributed by atoms with Crippen molar-refractivity contribution in [2.24, 2.45) is 5.92 Å². The van der Waals surface area contributed by atoms with E-state index in [0.717, 1.165) is 12.2 Å². The van der Waals surface area contributed by atoms with E-state index in [4.69, 9.17) is 11.5 Å². The lowest BCUT2D eigenvalue weighted by molar-refractivity contribution is 0.530. The molecule has 0 radical (unpaired) electrons. The Bertz CT molecular complexity index is 299. The van der Waals surface area contributed by atoms with Crippen LogP contribution in [-0.2, 0) is 6.42 Å². The minimum Gasteiger partial charge on any atom is -0.368 e. The van der Waals surface area contributed by atoms with Gasteiger partial charge in [-0.15, -0.1) is 0 Å². The molecule has 0 bridgehead atoms. The highest BCUT2D eigenvalue weighted by Crippen LogP contribution is 2.27. The van der Waals surface area contributed by atoms with E-state index in [1.807, 2.05) is 0 Å². The van der Waals surface area contributed by atoms with Gasteiger partial charge in [-0.1, -0.05) is 25.7 Å². The third-order valence-electron chi connectivity index (χ3n) is 2.66. The van der Waals surface area contributed by atoms with Crippen LogP contribution in [0.15, 0.2) is 0 Å². The van der Waals surface area contributed by atoms with Crippen LogP contribution in [0, 0.1) is 5.92 Å². The Morgan fingerprint density at radius 3 is 2.14 bits per heavy atom. The number of aromatic nitrogens is 3. The molecule has 1 aliphatic rings. The van der Waals surface area contributed by atoms with Gasteiger partial charge in [0.15, 0.2) is 0 Å². The average Bonchev–Trinajstić information content (AvgIpc) is 2.54. The van der Waals surface area contributed by atoms with Crippen LogP contribution in [0.4, 0.5) is 11.9 Å². The van der Waals surface area contributed by atoms with Gasteiger partial charge in [0.25, 0.3) is 0 Å². The number of nitrogens with zero attached hydrogens (tertiary/aromatic N) is 3. The Morgan fingerprint density at radius 1 is 1.00 bits per heavy atom. The van der Waals surface area contributed by atoms with Gasteiger partial charge < -0.3 is 11.5 Å². The third kappa shape index (κ3) is 2.10. The van der Waals surface area contributed by atoms with Gasteiger partial charge in [-0.05, 0) is 5.92 Å². The molecule has 1 fully saturated rings. The maximum atomic E-state index is 5.49. The second-order valence-corrected chi connectivity index (χ2v) is 3.82. The van der Waals surface area contributed by atoms with Gasteiger partial charge >= 0.3 is 0 Å². The van der Waals surface area contributed by atoms with E-state index in [2.05, 4.69) is 15.0 Å². The zero-order chi connectivity index (χ0) is 9.97. The van der Waals surface area contributed by atoms with Gasteiger partial charge in [0, 0.05) is 6.42 Å². The SMILES string of the molecule is Nc1nc(N)nc(CC2CCCC2)n1. The smallest absolute Gasteiger partial charge is 0.225 e. The summed E-state index contributed by atoms with van der Waals surface area (Å²) in [5, 5.41) is 0. The van der Waals surface area contributed by atoms with Crippen molar-refractivity contribution in [2.45, 2.75) is 32.1 Å². The van der Waals surface area contributed by atoms with Crippen molar-refractivity contribution in [3.05, 3.63) is 5.82 Å². The second kappa shape index (κ2) is 3.77. The van der Waals surface area contributed by atoms with Crippen LogP contribution in [0.25, 0.3) is 0 Å². The largest absolute Gasteiger partial charge is 0.368 e. The lowest BCUT2D eigenvalue weighted by atomic mass is 10.0. The van der Waals surface area contributed by atoms with Crippen LogP contribution >= 0.6 is 0 Å². The molecule has 1 aromatic heterocycles. The number of hydrogen-bond donors (Lipinski definition) is 2. The molecular formula is C9H15N5. The fourth-order valence-corrected chi connectivity index (χ4v) is 2.02. The standard InChI is InChI=1S/C9H15N5/c10-8-12-7(13-9(11)14-8)5-6-3-1-2-4-6/h6H,1-5H2,(H4,10,11,12,13,14). The first-order chi connectivity index (χ1) is 6.74. The summed E-state index contributed by atoms with van der Waals surface area (Å²) in [5.74, 6) is 1.90. The minimum absolute atomic E-state index is 0.227. The predicted octanol–water partition coefficient (Wildman–Crippen LogP) is 0.769. The Morgan fingerprint density at radius 2 is 1.57 bits per heavy atom. The van der Waals surface area contributed by atoms with Gasteiger partial charge in [0.2, 0.25) is 11.9 Å². The molecule has 14 heavy (non-hydrogen) atoms. The summed E-state index contributed by atoms with van der Waals surface area (Å²) in [5.41, 5.74) is 11.0. The first kappa shape index (κ1) is 9.18. The number of anilines is 2. The van der Waals surface area contributed by atoms with E-state index in [1.54, 1.807) is 0 Å². The van der Waals surface area contributed by atoms with E-state index in [9.17, 15) is 0 Å².